The third-order valence-corrected chi connectivity index (χ3v) is 2.50. The molecule has 0 aromatic heterocycles. The smallest absolute Gasteiger partial charge is 0.243 e. The molecule has 0 radical (unpaired) electrons. The summed E-state index contributed by atoms with van der Waals surface area (Å²) in [5.41, 5.74) is 0. The van der Waals surface area contributed by atoms with Gasteiger partial charge in [-0.05, 0) is 28.2 Å². The summed E-state index contributed by atoms with van der Waals surface area (Å²) in [5.74, 6) is 0. The molecule has 0 aliphatic carbocycles. The second kappa shape index (κ2) is 2.75. The molecule has 0 amide bonds. The minimum atomic E-state index is -4.28. The van der Waals surface area contributed by atoms with Gasteiger partial charge >= 0.3 is 13.9 Å². The minimum Gasteiger partial charge on any atom is -0.243 e. The van der Waals surface area contributed by atoms with E-state index in [0.717, 1.165) is 0 Å². The van der Waals surface area contributed by atoms with Crippen molar-refractivity contribution in [2.24, 2.45) is 0 Å². The fraction of sp³-hybridized carbons (Fsp3) is 1.00. The Bertz CT molecular complexity index is 213. The third-order valence-electron chi connectivity index (χ3n) is 1.59. The third kappa shape index (κ3) is 1.41. The van der Waals surface area contributed by atoms with Gasteiger partial charge in [-0.2, -0.15) is 0 Å². The van der Waals surface area contributed by atoms with Crippen molar-refractivity contribution >= 4 is 7.91 Å². The molecule has 1 heterocycles. The van der Waals surface area contributed by atoms with Crippen LogP contribution in [0.4, 0.5) is 4.20 Å². The number of hydrogen-bond acceptors (Lipinski definition) is 5. The van der Waals surface area contributed by atoms with Crippen LogP contribution >= 0.6 is 7.91 Å². The lowest BCUT2D eigenvalue weighted by atomic mass is 10.6. The molecule has 0 unspecified atom stereocenters. The Balaban J connectivity index is 2.76. The van der Waals surface area contributed by atoms with Gasteiger partial charge in [0.1, 0.15) is 0 Å². The van der Waals surface area contributed by atoms with Gasteiger partial charge in [0.25, 0.3) is 0 Å². The lowest BCUT2D eigenvalue weighted by Crippen LogP contribution is -2.62. The Morgan fingerprint density at radius 3 is 1.58 bits per heavy atom. The Morgan fingerprint density at radius 1 is 1.17 bits per heavy atom. The number of halogens is 1. The molecular formula is C5H12FN2O3P. The first-order chi connectivity index (χ1) is 5.30. The standard InChI is InChI=1S/C5H12FN2O3P/c1-7(2)5(8(3)4)10-12(6,9)11-5/h1-4H3. The van der Waals surface area contributed by atoms with Crippen LogP contribution in [-0.2, 0) is 13.6 Å². The zero-order valence-corrected chi connectivity index (χ0v) is 8.34. The molecule has 12 heavy (non-hydrogen) atoms. The van der Waals surface area contributed by atoms with Crippen molar-refractivity contribution in [3.63, 3.8) is 0 Å². The maximum atomic E-state index is 12.5. The average molecular weight is 198 g/mol. The van der Waals surface area contributed by atoms with Crippen molar-refractivity contribution in [3.05, 3.63) is 0 Å². The van der Waals surface area contributed by atoms with Gasteiger partial charge in [-0.25, -0.2) is 23.4 Å². The predicted octanol–water partition coefficient (Wildman–Crippen LogP) is 0.845. The molecule has 0 bridgehead atoms. The van der Waals surface area contributed by atoms with E-state index in [1.165, 1.54) is 9.80 Å². The predicted molar refractivity (Wildman–Crippen MR) is 41.0 cm³/mol. The number of nitrogens with zero attached hydrogens (tertiary/aromatic N) is 2. The molecule has 0 aromatic rings. The molecule has 0 atom stereocenters. The SMILES string of the molecule is CN(C)C1(N(C)C)OP(=O)(F)O1. The van der Waals surface area contributed by atoms with Crippen LogP contribution in [0, 0.1) is 0 Å². The van der Waals surface area contributed by atoms with Gasteiger partial charge in [0.2, 0.25) is 0 Å². The first kappa shape index (κ1) is 10.1. The van der Waals surface area contributed by atoms with E-state index in [0.29, 0.717) is 0 Å². The van der Waals surface area contributed by atoms with E-state index in [4.69, 9.17) is 0 Å². The van der Waals surface area contributed by atoms with Crippen LogP contribution in [0.25, 0.3) is 0 Å². The van der Waals surface area contributed by atoms with Crippen LogP contribution in [0.15, 0.2) is 0 Å². The monoisotopic (exact) mass is 198 g/mol. The molecule has 72 valence electrons. The molecular weight excluding hydrogens is 186 g/mol. The Morgan fingerprint density at radius 2 is 1.50 bits per heavy atom. The lowest BCUT2D eigenvalue weighted by molar-refractivity contribution is -0.354. The van der Waals surface area contributed by atoms with Gasteiger partial charge in [0, 0.05) is 0 Å². The molecule has 0 saturated carbocycles. The minimum absolute atomic E-state index is 1.32. The fourth-order valence-electron chi connectivity index (χ4n) is 1.02. The first-order valence-corrected chi connectivity index (χ1v) is 4.79. The highest BCUT2D eigenvalue weighted by Crippen LogP contribution is 2.66. The normalized spacial score (nSPS) is 25.9. The van der Waals surface area contributed by atoms with Crippen LogP contribution in [0.1, 0.15) is 0 Å². The van der Waals surface area contributed by atoms with E-state index in [-0.39, 0.29) is 0 Å². The summed E-state index contributed by atoms with van der Waals surface area (Å²) in [6.07, 6.45) is 0. The second-order valence-electron chi connectivity index (χ2n) is 2.95. The number of hydrogen-bond donors (Lipinski definition) is 0. The van der Waals surface area contributed by atoms with Gasteiger partial charge in [0.05, 0.1) is 0 Å². The molecule has 1 aliphatic heterocycles. The van der Waals surface area contributed by atoms with Gasteiger partial charge in [-0.3, -0.25) is 0 Å². The van der Waals surface area contributed by atoms with Crippen LogP contribution in [0.2, 0.25) is 0 Å². The molecule has 1 saturated heterocycles. The van der Waals surface area contributed by atoms with E-state index >= 15 is 0 Å². The summed E-state index contributed by atoms with van der Waals surface area (Å²) in [4.78, 5) is 2.98. The van der Waals surface area contributed by atoms with Crippen molar-refractivity contribution in [2.75, 3.05) is 28.2 Å². The number of rotatable bonds is 2. The average Bonchev–Trinajstić information content (AvgIpc) is 1.80. The van der Waals surface area contributed by atoms with Crippen LogP contribution < -0.4 is 0 Å². The molecule has 0 aromatic carbocycles. The van der Waals surface area contributed by atoms with Gasteiger partial charge < -0.3 is 0 Å². The van der Waals surface area contributed by atoms with Gasteiger partial charge in [-0.1, -0.05) is 0 Å². The zero-order valence-electron chi connectivity index (χ0n) is 7.44. The second-order valence-corrected chi connectivity index (χ2v) is 4.18. The van der Waals surface area contributed by atoms with Crippen LogP contribution in [-0.4, -0.2) is 44.0 Å². The molecule has 0 N–H and O–H groups in total. The summed E-state index contributed by atoms with van der Waals surface area (Å²) in [6, 6.07) is -1.32. The van der Waals surface area contributed by atoms with Crippen molar-refractivity contribution in [3.8, 4) is 0 Å². The Hall–Kier alpha value is -0.0000000000000000208. The molecule has 1 aliphatic rings. The summed E-state index contributed by atoms with van der Waals surface area (Å²) >= 11 is 0. The van der Waals surface area contributed by atoms with E-state index in [2.05, 4.69) is 9.05 Å². The maximum Gasteiger partial charge on any atom is 0.522 e. The maximum absolute atomic E-state index is 12.5. The Kier molecular flexibility index (Phi) is 2.31. The fourth-order valence-corrected chi connectivity index (χ4v) is 2.25. The molecule has 7 heteroatoms. The van der Waals surface area contributed by atoms with Crippen molar-refractivity contribution in [2.45, 2.75) is 6.03 Å². The lowest BCUT2D eigenvalue weighted by Gasteiger charge is -2.49. The molecule has 1 fully saturated rings. The summed E-state index contributed by atoms with van der Waals surface area (Å²) in [5, 5.41) is 0. The zero-order chi connectivity index (χ0) is 9.57. The highest BCUT2D eigenvalue weighted by Gasteiger charge is 2.60. The van der Waals surface area contributed by atoms with Crippen LogP contribution in [0.5, 0.6) is 0 Å². The van der Waals surface area contributed by atoms with Crippen molar-refractivity contribution in [1.29, 1.82) is 0 Å². The summed E-state index contributed by atoms with van der Waals surface area (Å²) in [6.45, 7) is 0. The summed E-state index contributed by atoms with van der Waals surface area (Å²) < 4.78 is 32.1. The van der Waals surface area contributed by atoms with E-state index in [1.807, 2.05) is 0 Å². The molecule has 0 spiro atoms. The topological polar surface area (TPSA) is 42.0 Å². The Labute approximate surface area is 70.7 Å². The molecule has 5 nitrogen and oxygen atoms in total. The van der Waals surface area contributed by atoms with E-state index in [1.54, 1.807) is 28.2 Å². The summed E-state index contributed by atoms with van der Waals surface area (Å²) in [7, 11) is 2.27. The van der Waals surface area contributed by atoms with Gasteiger partial charge in [0.15, 0.2) is 0 Å². The van der Waals surface area contributed by atoms with E-state index in [9.17, 15) is 8.76 Å². The highest BCUT2D eigenvalue weighted by molar-refractivity contribution is 7.49. The van der Waals surface area contributed by atoms with Crippen molar-refractivity contribution in [1.82, 2.24) is 9.80 Å². The van der Waals surface area contributed by atoms with Crippen LogP contribution in [0.3, 0.4) is 0 Å². The van der Waals surface area contributed by atoms with E-state index < -0.39 is 13.9 Å². The quantitative estimate of drug-likeness (QED) is 0.486. The van der Waals surface area contributed by atoms with Gasteiger partial charge in [-0.15, -0.1) is 4.20 Å². The molecule has 1 rings (SSSR count). The first-order valence-electron chi connectivity index (χ1n) is 3.36. The van der Waals surface area contributed by atoms with Crippen molar-refractivity contribution < 1.29 is 17.8 Å². The largest absolute Gasteiger partial charge is 0.522 e. The highest BCUT2D eigenvalue weighted by atomic mass is 31.2.